The Balaban J connectivity index is 1.23. The predicted molar refractivity (Wildman–Crippen MR) is 138 cm³/mol. The lowest BCUT2D eigenvalue weighted by atomic mass is 9.56. The number of amides is 3. The van der Waals surface area contributed by atoms with E-state index < -0.39 is 22.7 Å². The third-order valence-electron chi connectivity index (χ3n) is 6.93. The average Bonchev–Trinajstić information content (AvgIpc) is 3.18. The van der Waals surface area contributed by atoms with E-state index in [2.05, 4.69) is 5.32 Å². The number of nitrogens with one attached hydrogen (secondary N) is 1. The fourth-order valence-corrected chi connectivity index (χ4v) is 4.85. The summed E-state index contributed by atoms with van der Waals surface area (Å²) in [5.41, 5.74) is 3.13. The highest BCUT2D eigenvalue weighted by molar-refractivity contribution is 6.42. The highest BCUT2D eigenvalue weighted by atomic mass is 16.5. The minimum atomic E-state index is -1.32. The Kier molecular flexibility index (Phi) is 6.75. The molecule has 3 aliphatic rings. The van der Waals surface area contributed by atoms with Crippen LogP contribution in [0.5, 0.6) is 5.75 Å². The number of carbonyl (C=O) groups is 3. The van der Waals surface area contributed by atoms with Crippen molar-refractivity contribution in [2.75, 3.05) is 13.2 Å². The lowest BCUT2D eigenvalue weighted by molar-refractivity contribution is -0.136. The van der Waals surface area contributed by atoms with Gasteiger partial charge in [-0.15, -0.1) is 0 Å². The monoisotopic (exact) mass is 489 g/mol. The fourth-order valence-electron chi connectivity index (χ4n) is 4.85. The molecule has 3 amide bonds. The van der Waals surface area contributed by atoms with Crippen LogP contribution in [0.2, 0.25) is 0 Å². The van der Waals surface area contributed by atoms with Gasteiger partial charge in [0.2, 0.25) is 11.8 Å². The molecule has 8 nitrogen and oxygen atoms in total. The van der Waals surface area contributed by atoms with Crippen molar-refractivity contribution in [2.24, 2.45) is 0 Å². The van der Waals surface area contributed by atoms with Gasteiger partial charge in [0, 0.05) is 42.6 Å². The van der Waals surface area contributed by atoms with E-state index in [9.17, 15) is 14.4 Å². The first kappa shape index (κ1) is 25.7. The maximum Gasteiger partial charge on any atom is 0.255 e. The number of hydrogen-bond donors (Lipinski definition) is 1. The number of fused-ring (bicyclic) bond motifs is 1. The van der Waals surface area contributed by atoms with Crippen LogP contribution in [0.15, 0.2) is 42.5 Å². The molecule has 0 bridgehead atoms. The van der Waals surface area contributed by atoms with Crippen molar-refractivity contribution in [3.05, 3.63) is 64.7 Å². The first-order chi connectivity index (χ1) is 17.5. The van der Waals surface area contributed by atoms with E-state index in [1.165, 1.54) is 4.90 Å². The van der Waals surface area contributed by atoms with Crippen LogP contribution in [0.3, 0.4) is 0 Å². The summed E-state index contributed by atoms with van der Waals surface area (Å²) in [6, 6.07) is 12.4. The zero-order chi connectivity index (χ0) is 26.4. The third kappa shape index (κ3) is 5.36. The third-order valence-corrected chi connectivity index (χ3v) is 6.93. The first-order valence-corrected chi connectivity index (χ1v) is 12.0. The number of piperidine rings is 1. The van der Waals surface area contributed by atoms with Crippen LogP contribution in [-0.4, -0.2) is 88.8 Å². The molecule has 2 fully saturated rings. The Bertz CT molecular complexity index is 1240. The molecule has 5 rings (SSSR count). The summed E-state index contributed by atoms with van der Waals surface area (Å²) in [6.45, 7) is 1.17. The summed E-state index contributed by atoms with van der Waals surface area (Å²) >= 11 is 0. The number of rotatable bonds is 6. The first-order valence-electron chi connectivity index (χ1n) is 12.0. The molecule has 2 aromatic rings. The van der Waals surface area contributed by atoms with Crippen LogP contribution >= 0.6 is 0 Å². The van der Waals surface area contributed by atoms with E-state index in [1.807, 2.05) is 24.3 Å². The van der Waals surface area contributed by atoms with Crippen molar-refractivity contribution in [3.63, 3.8) is 0 Å². The van der Waals surface area contributed by atoms with Gasteiger partial charge in [-0.3, -0.25) is 19.7 Å². The lowest BCUT2D eigenvalue weighted by Gasteiger charge is -2.50. The van der Waals surface area contributed by atoms with Crippen molar-refractivity contribution in [1.82, 2.24) is 15.1 Å². The summed E-state index contributed by atoms with van der Waals surface area (Å²) < 4.78 is 11.4. The summed E-state index contributed by atoms with van der Waals surface area (Å²) in [7, 11) is 24.1. The number of carbonyl (C=O) groups excluding carboxylic acids is 3. The second-order valence-electron chi connectivity index (χ2n) is 9.88. The molecule has 2 aromatic carbocycles. The topological polar surface area (TPSA) is 88.2 Å². The Morgan fingerprint density at radius 2 is 1.76 bits per heavy atom. The van der Waals surface area contributed by atoms with Gasteiger partial charge in [0.05, 0.1) is 22.2 Å². The molecule has 0 spiro atoms. The molecule has 2 saturated heterocycles. The van der Waals surface area contributed by atoms with Gasteiger partial charge in [0.1, 0.15) is 34.1 Å². The SMILES string of the molecule is [B]C1([B])CN(Cc2ccc(COc3cccc4c3CN(C3CCC(=O)NC3=O)C4=O)cc2)C([B])([B])CO1. The quantitative estimate of drug-likeness (QED) is 0.449. The Morgan fingerprint density at radius 1 is 1.03 bits per heavy atom. The minimum Gasteiger partial charge on any atom is -0.489 e. The molecule has 180 valence electrons. The second-order valence-corrected chi connectivity index (χ2v) is 9.88. The summed E-state index contributed by atoms with van der Waals surface area (Å²) in [5, 5.41) is -0.187. The second kappa shape index (κ2) is 9.72. The standard InChI is InChI=1S/C25H23B4N3O5/c26-24(27)14-37-25(28,29)13-31(24)10-15-4-6-16(7-5-15)12-36-20-3-1-2-17-18(20)11-32(23(17)35)19-8-9-21(33)30-22(19)34/h1-7,19H,8-14H2,(H,30,33,34). The maximum absolute atomic E-state index is 13.0. The van der Waals surface area contributed by atoms with E-state index in [1.54, 1.807) is 23.1 Å². The molecule has 3 aliphatic heterocycles. The Labute approximate surface area is 221 Å². The molecule has 0 aromatic heterocycles. The maximum atomic E-state index is 13.0. The van der Waals surface area contributed by atoms with Crippen molar-refractivity contribution in [2.45, 2.75) is 49.3 Å². The van der Waals surface area contributed by atoms with E-state index in [-0.39, 0.29) is 44.5 Å². The van der Waals surface area contributed by atoms with Gasteiger partial charge in [0.25, 0.3) is 5.91 Å². The summed E-state index contributed by atoms with van der Waals surface area (Å²) in [6.07, 6.45) is 0.517. The van der Waals surface area contributed by atoms with Crippen molar-refractivity contribution in [1.29, 1.82) is 0 Å². The average molecular weight is 489 g/mol. The molecule has 0 saturated carbocycles. The van der Waals surface area contributed by atoms with Gasteiger partial charge < -0.3 is 19.3 Å². The van der Waals surface area contributed by atoms with Crippen molar-refractivity contribution >= 4 is 49.1 Å². The summed E-state index contributed by atoms with van der Waals surface area (Å²) in [4.78, 5) is 40.1. The molecular weight excluding hydrogens is 466 g/mol. The van der Waals surface area contributed by atoms with Gasteiger partial charge in [-0.25, -0.2) is 0 Å². The van der Waals surface area contributed by atoms with Crippen LogP contribution in [-0.2, 0) is 34.0 Å². The number of imide groups is 1. The number of hydrogen-bond acceptors (Lipinski definition) is 6. The smallest absolute Gasteiger partial charge is 0.255 e. The normalized spacial score (nSPS) is 23.0. The molecule has 1 atom stereocenters. The largest absolute Gasteiger partial charge is 0.489 e. The number of ether oxygens (including phenoxy) is 2. The highest BCUT2D eigenvalue weighted by Gasteiger charge is 2.40. The fraction of sp³-hybridized carbons (Fsp3) is 0.400. The van der Waals surface area contributed by atoms with Crippen molar-refractivity contribution < 1.29 is 23.9 Å². The molecular formula is C25H23B4N3O5. The lowest BCUT2D eigenvalue weighted by Crippen LogP contribution is -2.65. The minimum absolute atomic E-state index is 0.0107. The predicted octanol–water partition coefficient (Wildman–Crippen LogP) is -0.160. The Hall–Kier alpha value is -2.97. The molecule has 0 aliphatic carbocycles. The van der Waals surface area contributed by atoms with Crippen LogP contribution in [0, 0.1) is 0 Å². The molecule has 12 heteroatoms. The van der Waals surface area contributed by atoms with Crippen LogP contribution in [0.1, 0.15) is 39.9 Å². The van der Waals surface area contributed by atoms with Crippen LogP contribution < -0.4 is 10.1 Å². The van der Waals surface area contributed by atoms with Gasteiger partial charge in [-0.1, -0.05) is 30.3 Å². The van der Waals surface area contributed by atoms with Gasteiger partial charge in [-0.05, 0) is 35.0 Å². The van der Waals surface area contributed by atoms with Crippen LogP contribution in [0.25, 0.3) is 0 Å². The number of benzene rings is 2. The zero-order valence-corrected chi connectivity index (χ0v) is 20.3. The van der Waals surface area contributed by atoms with E-state index in [4.69, 9.17) is 40.9 Å². The molecule has 8 radical (unpaired) electrons. The van der Waals surface area contributed by atoms with E-state index >= 15 is 0 Å². The number of morpholine rings is 1. The highest BCUT2D eigenvalue weighted by Crippen LogP contribution is 2.34. The van der Waals surface area contributed by atoms with Crippen LogP contribution in [0.4, 0.5) is 0 Å². The van der Waals surface area contributed by atoms with Gasteiger partial charge in [-0.2, -0.15) is 0 Å². The zero-order valence-electron chi connectivity index (χ0n) is 20.3. The number of nitrogens with zero attached hydrogens (tertiary/aromatic N) is 2. The summed E-state index contributed by atoms with van der Waals surface area (Å²) in [5.74, 6) is -0.418. The molecule has 1 unspecified atom stereocenters. The molecule has 3 heterocycles. The van der Waals surface area contributed by atoms with Gasteiger partial charge >= 0.3 is 0 Å². The van der Waals surface area contributed by atoms with Crippen molar-refractivity contribution in [3.8, 4) is 5.75 Å². The molecule has 37 heavy (non-hydrogen) atoms. The Morgan fingerprint density at radius 3 is 2.49 bits per heavy atom. The van der Waals surface area contributed by atoms with E-state index in [0.717, 1.165) is 16.7 Å². The van der Waals surface area contributed by atoms with E-state index in [0.29, 0.717) is 24.3 Å². The molecule has 1 N–H and O–H groups in total. The van der Waals surface area contributed by atoms with Gasteiger partial charge in [0.15, 0.2) is 0 Å².